The standard InChI is InChI=1S/C31H51ClN3O4Si/c1-5-38-30(25-13-9-15-27(32)20-25)26-14-10-16-35(23-26)31(37)34-28(19-24-11-7-6-8-12-24)21-33-22-29(36)39-17-18-40(2,3)4/h9,13,15,20,24,26,28,30,33H,1,5-8,10-12,14,16-19,21-23H2,2-4H3,(H,34,37)/t26-,28+,30+/m1/s1. The minimum absolute atomic E-state index is 0.0365. The molecule has 7 nitrogen and oxygen atoms in total. The molecule has 225 valence electrons. The third-order valence-electron chi connectivity index (χ3n) is 8.09. The number of ether oxygens (including phenoxy) is 2. The van der Waals surface area contributed by atoms with E-state index in [4.69, 9.17) is 21.1 Å². The molecule has 1 radical (unpaired) electrons. The van der Waals surface area contributed by atoms with Crippen molar-refractivity contribution in [3.63, 3.8) is 0 Å². The van der Waals surface area contributed by atoms with Gasteiger partial charge in [0.1, 0.15) is 0 Å². The number of halogens is 1. The van der Waals surface area contributed by atoms with Gasteiger partial charge < -0.3 is 25.0 Å². The van der Waals surface area contributed by atoms with Gasteiger partial charge in [-0.25, -0.2) is 4.79 Å². The zero-order valence-electron chi connectivity index (χ0n) is 24.9. The highest BCUT2D eigenvalue weighted by Gasteiger charge is 2.32. The van der Waals surface area contributed by atoms with Crippen LogP contribution in [0.15, 0.2) is 24.3 Å². The molecule has 0 unspecified atom stereocenters. The van der Waals surface area contributed by atoms with Crippen LogP contribution < -0.4 is 10.6 Å². The number of hydrogen-bond acceptors (Lipinski definition) is 5. The monoisotopic (exact) mass is 592 g/mol. The maximum Gasteiger partial charge on any atom is 0.319 e. The van der Waals surface area contributed by atoms with E-state index in [1.165, 1.54) is 32.1 Å². The molecule has 9 heteroatoms. The first-order chi connectivity index (χ1) is 19.1. The molecule has 1 saturated heterocycles. The summed E-state index contributed by atoms with van der Waals surface area (Å²) in [7, 11) is -1.24. The summed E-state index contributed by atoms with van der Waals surface area (Å²) in [6.45, 7) is 13.6. The molecule has 1 aromatic carbocycles. The van der Waals surface area contributed by atoms with E-state index >= 15 is 0 Å². The predicted octanol–water partition coefficient (Wildman–Crippen LogP) is 6.46. The van der Waals surface area contributed by atoms with E-state index in [1.54, 1.807) is 0 Å². The fourth-order valence-electron chi connectivity index (χ4n) is 5.91. The molecule has 3 atom stereocenters. The van der Waals surface area contributed by atoms with E-state index in [9.17, 15) is 9.59 Å². The number of likely N-dealkylation sites (tertiary alicyclic amines) is 1. The third-order valence-corrected chi connectivity index (χ3v) is 10.0. The van der Waals surface area contributed by atoms with Crippen molar-refractivity contribution in [2.24, 2.45) is 11.8 Å². The molecule has 40 heavy (non-hydrogen) atoms. The lowest BCUT2D eigenvalue weighted by molar-refractivity contribution is -0.142. The number of piperidine rings is 1. The summed E-state index contributed by atoms with van der Waals surface area (Å²) in [6, 6.07) is 8.68. The van der Waals surface area contributed by atoms with E-state index in [0.29, 0.717) is 37.2 Å². The number of urea groups is 1. The average molecular weight is 593 g/mol. The highest BCUT2D eigenvalue weighted by Crippen LogP contribution is 2.34. The second-order valence-corrected chi connectivity index (χ2v) is 18.8. The van der Waals surface area contributed by atoms with E-state index in [-0.39, 0.29) is 36.6 Å². The molecule has 1 heterocycles. The van der Waals surface area contributed by atoms with Crippen molar-refractivity contribution in [3.8, 4) is 0 Å². The fraction of sp³-hybridized carbons (Fsp3) is 0.710. The van der Waals surface area contributed by atoms with Crippen LogP contribution in [0, 0.1) is 18.8 Å². The van der Waals surface area contributed by atoms with Gasteiger partial charge in [-0.2, -0.15) is 0 Å². The molecule has 0 aromatic heterocycles. The van der Waals surface area contributed by atoms with Gasteiger partial charge in [0.25, 0.3) is 0 Å². The Labute approximate surface area is 248 Å². The largest absolute Gasteiger partial charge is 0.465 e. The summed E-state index contributed by atoms with van der Waals surface area (Å²) in [5.74, 6) is 0.550. The Morgan fingerprint density at radius 2 is 1.93 bits per heavy atom. The fourth-order valence-corrected chi connectivity index (χ4v) is 6.82. The molecule has 2 N–H and O–H groups in total. The second kappa shape index (κ2) is 16.7. The van der Waals surface area contributed by atoms with Crippen molar-refractivity contribution in [1.82, 2.24) is 15.5 Å². The van der Waals surface area contributed by atoms with Gasteiger partial charge in [0, 0.05) is 51.3 Å². The number of benzene rings is 1. The van der Waals surface area contributed by atoms with Gasteiger partial charge in [-0.1, -0.05) is 75.5 Å². The zero-order chi connectivity index (χ0) is 29.0. The molecule has 0 spiro atoms. The summed E-state index contributed by atoms with van der Waals surface area (Å²) in [5, 5.41) is 7.26. The van der Waals surface area contributed by atoms with Crippen LogP contribution in [0.1, 0.15) is 63.0 Å². The van der Waals surface area contributed by atoms with Gasteiger partial charge in [-0.05, 0) is 55.8 Å². The van der Waals surface area contributed by atoms with Gasteiger partial charge in [-0.15, -0.1) is 0 Å². The van der Waals surface area contributed by atoms with Crippen LogP contribution in [-0.2, 0) is 14.3 Å². The normalized spacial score (nSPS) is 20.1. The minimum atomic E-state index is -1.24. The van der Waals surface area contributed by atoms with E-state index in [1.807, 2.05) is 29.2 Å². The van der Waals surface area contributed by atoms with Crippen molar-refractivity contribution >= 4 is 31.7 Å². The topological polar surface area (TPSA) is 79.9 Å². The predicted molar refractivity (Wildman–Crippen MR) is 165 cm³/mol. The minimum Gasteiger partial charge on any atom is -0.465 e. The van der Waals surface area contributed by atoms with Crippen LogP contribution >= 0.6 is 11.6 Å². The Bertz CT molecular complexity index is 922. The first-order valence-electron chi connectivity index (χ1n) is 15.2. The second-order valence-electron chi connectivity index (χ2n) is 12.7. The van der Waals surface area contributed by atoms with Crippen molar-refractivity contribution in [1.29, 1.82) is 0 Å². The quantitative estimate of drug-likeness (QED) is 0.191. The number of amides is 2. The summed E-state index contributed by atoms with van der Waals surface area (Å²) in [6.07, 6.45) is 8.90. The number of nitrogens with one attached hydrogen (secondary N) is 2. The molecule has 1 saturated carbocycles. The summed E-state index contributed by atoms with van der Waals surface area (Å²) in [4.78, 5) is 27.7. The smallest absolute Gasteiger partial charge is 0.319 e. The molecule has 1 aliphatic carbocycles. The van der Waals surface area contributed by atoms with Crippen LogP contribution in [0.2, 0.25) is 30.7 Å². The summed E-state index contributed by atoms with van der Waals surface area (Å²) < 4.78 is 11.5. The first kappa shape index (κ1) is 32.9. The molecule has 2 aliphatic rings. The molecule has 2 fully saturated rings. The van der Waals surface area contributed by atoms with Gasteiger partial charge in [0.2, 0.25) is 0 Å². The summed E-state index contributed by atoms with van der Waals surface area (Å²) >= 11 is 6.27. The average Bonchev–Trinajstić information content (AvgIpc) is 2.91. The van der Waals surface area contributed by atoms with Gasteiger partial charge in [0.15, 0.2) is 0 Å². The molecular formula is C31H51ClN3O4Si. The van der Waals surface area contributed by atoms with Gasteiger partial charge in [0.05, 0.1) is 19.3 Å². The lowest BCUT2D eigenvalue weighted by atomic mass is 9.84. The van der Waals surface area contributed by atoms with Crippen LogP contribution in [0.25, 0.3) is 0 Å². The van der Waals surface area contributed by atoms with Crippen LogP contribution in [-0.4, -0.2) is 70.4 Å². The Hall–Kier alpha value is -1.61. The Balaban J connectivity index is 1.57. The highest BCUT2D eigenvalue weighted by atomic mass is 35.5. The SMILES string of the molecule is [CH2]CO[C@@H](c1cccc(Cl)c1)[C@@H]1CCCN(C(=O)N[C@H](CNCC(=O)OCC[Si](C)(C)C)CC2CCCCC2)C1. The number of esters is 1. The number of hydrogen-bond donors (Lipinski definition) is 2. The Morgan fingerprint density at radius 1 is 1.15 bits per heavy atom. The van der Waals surface area contributed by atoms with Gasteiger partial charge in [-0.3, -0.25) is 4.79 Å². The van der Waals surface area contributed by atoms with Crippen molar-refractivity contribution in [2.75, 3.05) is 39.4 Å². The maximum absolute atomic E-state index is 13.5. The Morgan fingerprint density at radius 3 is 2.62 bits per heavy atom. The van der Waals surface area contributed by atoms with E-state index in [2.05, 4.69) is 37.2 Å². The molecule has 1 aromatic rings. The number of rotatable bonds is 14. The number of carbonyl (C=O) groups is 2. The number of carbonyl (C=O) groups excluding carboxylic acids is 2. The highest BCUT2D eigenvalue weighted by molar-refractivity contribution is 6.76. The molecular weight excluding hydrogens is 542 g/mol. The molecule has 1 aliphatic heterocycles. The summed E-state index contributed by atoms with van der Waals surface area (Å²) in [5.41, 5.74) is 1.03. The third kappa shape index (κ3) is 11.7. The molecule has 2 amide bonds. The Kier molecular flexibility index (Phi) is 13.8. The number of nitrogens with zero attached hydrogens (tertiary/aromatic N) is 1. The van der Waals surface area contributed by atoms with Crippen molar-refractivity contribution in [3.05, 3.63) is 41.8 Å². The maximum atomic E-state index is 13.5. The van der Waals surface area contributed by atoms with Crippen LogP contribution in [0.5, 0.6) is 0 Å². The van der Waals surface area contributed by atoms with Gasteiger partial charge >= 0.3 is 12.0 Å². The van der Waals surface area contributed by atoms with E-state index < -0.39 is 8.07 Å². The van der Waals surface area contributed by atoms with Crippen LogP contribution in [0.3, 0.4) is 0 Å². The van der Waals surface area contributed by atoms with Crippen molar-refractivity contribution in [2.45, 2.75) is 89.2 Å². The lowest BCUT2D eigenvalue weighted by Gasteiger charge is -2.38. The lowest BCUT2D eigenvalue weighted by Crippen LogP contribution is -2.52. The first-order valence-corrected chi connectivity index (χ1v) is 19.3. The molecule has 0 bridgehead atoms. The van der Waals surface area contributed by atoms with Crippen LogP contribution in [0.4, 0.5) is 4.79 Å². The molecule has 3 rings (SSSR count). The van der Waals surface area contributed by atoms with Crippen molar-refractivity contribution < 1.29 is 19.1 Å². The van der Waals surface area contributed by atoms with E-state index in [0.717, 1.165) is 37.4 Å². The zero-order valence-corrected chi connectivity index (χ0v) is 26.6.